The van der Waals surface area contributed by atoms with E-state index >= 15 is 0 Å². The van der Waals surface area contributed by atoms with E-state index in [-0.39, 0.29) is 28.1 Å². The number of nitro benzene ring substituents is 2. The largest absolute Gasteiger partial charge is 0.445 e. The average Bonchev–Trinajstić information content (AvgIpc) is 2.77. The molecule has 0 unspecified atom stereocenters. The second-order valence-corrected chi connectivity index (χ2v) is 6.62. The Hall–Kier alpha value is -4.40. The molecule has 0 N–H and O–H groups in total. The molecule has 0 heterocycles. The highest BCUT2D eigenvalue weighted by Gasteiger charge is 2.28. The lowest BCUT2D eigenvalue weighted by molar-refractivity contribution is -0.385. The van der Waals surface area contributed by atoms with Gasteiger partial charge in [-0.1, -0.05) is 36.4 Å². The van der Waals surface area contributed by atoms with Crippen molar-refractivity contribution in [2.24, 2.45) is 0 Å². The van der Waals surface area contributed by atoms with Crippen LogP contribution in [0.4, 0.5) is 11.4 Å². The molecule has 0 saturated carbocycles. The van der Waals surface area contributed by atoms with E-state index in [4.69, 9.17) is 4.74 Å². The number of nitrogens with zero attached hydrogens (tertiary/aromatic N) is 2. The summed E-state index contributed by atoms with van der Waals surface area (Å²) in [5.74, 6) is -1.47. The molecule has 0 aromatic heterocycles. The number of hydrogen-bond acceptors (Lipinski definition) is 7. The molecule has 1 atom stereocenters. The van der Waals surface area contributed by atoms with Gasteiger partial charge in [-0.15, -0.1) is 0 Å². The molecule has 9 nitrogen and oxygen atoms in total. The fraction of sp³-hybridized carbons (Fsp3) is 0.0909. The number of carbonyl (C=O) groups excluding carboxylic acids is 2. The monoisotopic (exact) mass is 420 g/mol. The lowest BCUT2D eigenvalue weighted by atomic mass is 9.99. The first-order valence-electron chi connectivity index (χ1n) is 9.07. The van der Waals surface area contributed by atoms with Crippen LogP contribution in [0.25, 0.3) is 0 Å². The first kappa shape index (κ1) is 21.3. The summed E-state index contributed by atoms with van der Waals surface area (Å²) in [6.45, 7) is 1.53. The van der Waals surface area contributed by atoms with Crippen molar-refractivity contribution in [1.82, 2.24) is 0 Å². The zero-order valence-electron chi connectivity index (χ0n) is 16.3. The highest BCUT2D eigenvalue weighted by molar-refractivity contribution is 6.02. The second-order valence-electron chi connectivity index (χ2n) is 6.62. The molecule has 0 fully saturated rings. The molecular formula is C22H16N2O7. The van der Waals surface area contributed by atoms with Crippen molar-refractivity contribution in [2.45, 2.75) is 13.0 Å². The summed E-state index contributed by atoms with van der Waals surface area (Å²) in [5, 5.41) is 22.1. The van der Waals surface area contributed by atoms with Crippen molar-refractivity contribution < 1.29 is 24.2 Å². The van der Waals surface area contributed by atoms with E-state index in [2.05, 4.69) is 0 Å². The van der Waals surface area contributed by atoms with Gasteiger partial charge in [0, 0.05) is 34.9 Å². The van der Waals surface area contributed by atoms with Crippen molar-refractivity contribution >= 4 is 23.1 Å². The van der Waals surface area contributed by atoms with E-state index in [0.717, 1.165) is 6.07 Å². The van der Waals surface area contributed by atoms with Crippen LogP contribution in [0.1, 0.15) is 37.9 Å². The van der Waals surface area contributed by atoms with Crippen molar-refractivity contribution in [2.75, 3.05) is 0 Å². The Morgan fingerprint density at radius 1 is 0.839 bits per heavy atom. The number of carbonyl (C=O) groups is 2. The topological polar surface area (TPSA) is 130 Å². The molecule has 0 radical (unpaired) electrons. The van der Waals surface area contributed by atoms with Gasteiger partial charge in [0.15, 0.2) is 6.10 Å². The molecular weight excluding hydrogens is 404 g/mol. The third kappa shape index (κ3) is 4.78. The molecule has 0 amide bonds. The second kappa shape index (κ2) is 8.95. The zero-order chi connectivity index (χ0) is 22.5. The summed E-state index contributed by atoms with van der Waals surface area (Å²) < 4.78 is 5.43. The summed E-state index contributed by atoms with van der Waals surface area (Å²) in [6.07, 6.45) is -1.39. The lowest BCUT2D eigenvalue weighted by Gasteiger charge is -2.17. The van der Waals surface area contributed by atoms with E-state index in [1.54, 1.807) is 30.3 Å². The van der Waals surface area contributed by atoms with Crippen LogP contribution in [0.3, 0.4) is 0 Å². The SMILES string of the molecule is Cc1ccc(C(=O)O[C@H](C(=O)c2ccccc2)c2ccc([N+](=O)[O-])cc2)cc1[N+](=O)[O-]. The Morgan fingerprint density at radius 2 is 1.48 bits per heavy atom. The van der Waals surface area contributed by atoms with Gasteiger partial charge >= 0.3 is 5.97 Å². The predicted molar refractivity (Wildman–Crippen MR) is 110 cm³/mol. The number of Topliss-reactive ketones (excluding diaryl/α,β-unsaturated/α-hetero) is 1. The van der Waals surface area contributed by atoms with Crippen LogP contribution >= 0.6 is 0 Å². The Balaban J connectivity index is 1.97. The number of aryl methyl sites for hydroxylation is 1. The van der Waals surface area contributed by atoms with Crippen molar-refractivity contribution in [1.29, 1.82) is 0 Å². The number of hydrogen-bond donors (Lipinski definition) is 0. The highest BCUT2D eigenvalue weighted by Crippen LogP contribution is 2.27. The maximum atomic E-state index is 13.0. The number of rotatable bonds is 7. The lowest BCUT2D eigenvalue weighted by Crippen LogP contribution is -2.20. The Bertz CT molecular complexity index is 1160. The number of non-ortho nitro benzene ring substituents is 1. The Labute approximate surface area is 176 Å². The molecule has 156 valence electrons. The zero-order valence-corrected chi connectivity index (χ0v) is 16.3. The third-order valence-electron chi connectivity index (χ3n) is 4.57. The van der Waals surface area contributed by atoms with E-state index < -0.39 is 27.7 Å². The van der Waals surface area contributed by atoms with E-state index in [9.17, 15) is 29.8 Å². The Morgan fingerprint density at radius 3 is 2.06 bits per heavy atom. The molecule has 0 aliphatic heterocycles. The number of ether oxygens (including phenoxy) is 1. The first-order chi connectivity index (χ1) is 14.8. The number of benzene rings is 3. The van der Waals surface area contributed by atoms with E-state index in [0.29, 0.717) is 5.56 Å². The van der Waals surface area contributed by atoms with Crippen LogP contribution in [-0.4, -0.2) is 21.6 Å². The smallest absolute Gasteiger partial charge is 0.339 e. The summed E-state index contributed by atoms with van der Waals surface area (Å²) in [5.41, 5.74) is 0.340. The molecule has 3 rings (SSSR count). The van der Waals surface area contributed by atoms with Crippen molar-refractivity contribution in [3.05, 3.63) is 115 Å². The minimum absolute atomic E-state index is 0.0925. The average molecular weight is 420 g/mol. The molecule has 0 aliphatic rings. The normalized spacial score (nSPS) is 11.4. The summed E-state index contributed by atoms with van der Waals surface area (Å²) >= 11 is 0. The summed E-state index contributed by atoms with van der Waals surface area (Å²) in [4.78, 5) is 46.6. The third-order valence-corrected chi connectivity index (χ3v) is 4.57. The van der Waals surface area contributed by atoms with Gasteiger partial charge in [-0.3, -0.25) is 25.0 Å². The predicted octanol–water partition coefficient (Wildman–Crippen LogP) is 4.59. The molecule has 3 aromatic rings. The van der Waals surface area contributed by atoms with Crippen LogP contribution in [0.2, 0.25) is 0 Å². The first-order valence-corrected chi connectivity index (χ1v) is 9.07. The van der Waals surface area contributed by atoms with Crippen LogP contribution in [-0.2, 0) is 4.74 Å². The summed E-state index contributed by atoms with van der Waals surface area (Å²) in [6, 6.07) is 17.0. The molecule has 0 spiro atoms. The van der Waals surface area contributed by atoms with Gasteiger partial charge < -0.3 is 4.74 Å². The van der Waals surface area contributed by atoms with Gasteiger partial charge in [0.25, 0.3) is 11.4 Å². The molecule has 0 saturated heterocycles. The molecule has 3 aromatic carbocycles. The Kier molecular flexibility index (Phi) is 6.15. The number of ketones is 1. The van der Waals surface area contributed by atoms with Gasteiger partial charge in [0.05, 0.1) is 15.4 Å². The molecule has 0 bridgehead atoms. The standard InChI is InChI=1S/C22H16N2O7/c1-14-7-8-17(13-19(14)24(29)30)22(26)31-21(20(25)15-5-3-2-4-6-15)16-9-11-18(12-10-16)23(27)28/h2-13,21H,1H3/t21-/m0/s1. The summed E-state index contributed by atoms with van der Waals surface area (Å²) in [7, 11) is 0. The van der Waals surface area contributed by atoms with Crippen LogP contribution in [0, 0.1) is 27.2 Å². The van der Waals surface area contributed by atoms with Gasteiger partial charge in [-0.05, 0) is 25.1 Å². The van der Waals surface area contributed by atoms with Crippen molar-refractivity contribution in [3.63, 3.8) is 0 Å². The quantitative estimate of drug-likeness (QED) is 0.236. The van der Waals surface area contributed by atoms with Gasteiger partial charge in [-0.2, -0.15) is 0 Å². The van der Waals surface area contributed by atoms with Gasteiger partial charge in [0.2, 0.25) is 5.78 Å². The molecule has 9 heteroatoms. The van der Waals surface area contributed by atoms with Crippen LogP contribution in [0.5, 0.6) is 0 Å². The van der Waals surface area contributed by atoms with E-state index in [1.165, 1.54) is 43.3 Å². The van der Waals surface area contributed by atoms with Crippen LogP contribution in [0.15, 0.2) is 72.8 Å². The molecule has 0 aliphatic carbocycles. The minimum Gasteiger partial charge on any atom is -0.445 e. The molecule has 31 heavy (non-hydrogen) atoms. The van der Waals surface area contributed by atoms with Gasteiger partial charge in [0.1, 0.15) is 0 Å². The minimum atomic E-state index is -1.39. The highest BCUT2D eigenvalue weighted by atomic mass is 16.6. The maximum absolute atomic E-state index is 13.0. The number of nitro groups is 2. The fourth-order valence-corrected chi connectivity index (χ4v) is 2.91. The van der Waals surface area contributed by atoms with Crippen LogP contribution < -0.4 is 0 Å². The fourth-order valence-electron chi connectivity index (χ4n) is 2.91. The maximum Gasteiger partial charge on any atom is 0.339 e. The number of esters is 1. The van der Waals surface area contributed by atoms with Crippen molar-refractivity contribution in [3.8, 4) is 0 Å². The van der Waals surface area contributed by atoms with Gasteiger partial charge in [-0.25, -0.2) is 4.79 Å². The van der Waals surface area contributed by atoms with E-state index in [1.807, 2.05) is 0 Å².